The van der Waals surface area contributed by atoms with Crippen LogP contribution in [0.3, 0.4) is 0 Å². The van der Waals surface area contributed by atoms with Crippen LogP contribution in [0.2, 0.25) is 5.02 Å². The largest absolute Gasteiger partial charge is 0.368 e. The summed E-state index contributed by atoms with van der Waals surface area (Å²) in [6.45, 7) is 6.10. The number of amides is 1. The summed E-state index contributed by atoms with van der Waals surface area (Å²) in [5, 5.41) is 8.02. The number of hydrogen-bond donors (Lipinski definition) is 3. The van der Waals surface area contributed by atoms with E-state index in [2.05, 4.69) is 44.3 Å². The van der Waals surface area contributed by atoms with Crippen LogP contribution in [0.25, 0.3) is 11.0 Å². The van der Waals surface area contributed by atoms with Gasteiger partial charge in [0.2, 0.25) is 0 Å². The summed E-state index contributed by atoms with van der Waals surface area (Å²) < 4.78 is 0. The van der Waals surface area contributed by atoms with E-state index in [1.807, 2.05) is 0 Å². The van der Waals surface area contributed by atoms with E-state index < -0.39 is 0 Å². The Kier molecular flexibility index (Phi) is 5.69. The van der Waals surface area contributed by atoms with Gasteiger partial charge in [-0.3, -0.25) is 9.78 Å². The first-order chi connectivity index (χ1) is 14.0. The first kappa shape index (κ1) is 19.7. The van der Waals surface area contributed by atoms with Crippen LogP contribution < -0.4 is 15.5 Å². The number of fused-ring (bicyclic) bond motifs is 1. The minimum Gasteiger partial charge on any atom is -0.368 e. The number of nitrogens with one attached hydrogen (secondary N) is 3. The van der Waals surface area contributed by atoms with Gasteiger partial charge in [0.25, 0.3) is 5.91 Å². The maximum Gasteiger partial charge on any atom is 0.257 e. The van der Waals surface area contributed by atoms with Crippen LogP contribution in [0, 0.1) is 0 Å². The first-order valence-corrected chi connectivity index (χ1v) is 10.3. The van der Waals surface area contributed by atoms with Gasteiger partial charge < -0.3 is 20.5 Å². The Balaban J connectivity index is 1.68. The second-order valence-corrected chi connectivity index (χ2v) is 8.09. The van der Waals surface area contributed by atoms with Crippen LogP contribution >= 0.6 is 11.6 Å². The number of piperidine rings is 1. The van der Waals surface area contributed by atoms with Crippen molar-refractivity contribution >= 4 is 39.9 Å². The van der Waals surface area contributed by atoms with Crippen molar-refractivity contribution in [2.24, 2.45) is 0 Å². The number of hydrogen-bond acceptors (Lipinski definition) is 5. The fourth-order valence-electron chi connectivity index (χ4n) is 3.94. The third kappa shape index (κ3) is 4.21. The molecule has 0 aliphatic carbocycles. The lowest BCUT2D eigenvalue weighted by Crippen LogP contribution is -2.48. The Morgan fingerprint density at radius 3 is 3.00 bits per heavy atom. The molecule has 3 aromatic heterocycles. The number of halogens is 1. The number of pyridine rings is 2. The molecule has 4 rings (SSSR count). The van der Waals surface area contributed by atoms with Crippen molar-refractivity contribution in [2.75, 3.05) is 23.3 Å². The van der Waals surface area contributed by atoms with E-state index in [1.54, 1.807) is 36.9 Å². The summed E-state index contributed by atoms with van der Waals surface area (Å²) in [4.78, 5) is 26.5. The number of carbonyl (C=O) groups excluding carboxylic acids is 1. The molecule has 3 N–H and O–H groups in total. The molecule has 0 aromatic carbocycles. The minimum absolute atomic E-state index is 0.220. The summed E-state index contributed by atoms with van der Waals surface area (Å²) in [6, 6.07) is 4.30. The van der Waals surface area contributed by atoms with Crippen LogP contribution in [-0.2, 0) is 0 Å². The van der Waals surface area contributed by atoms with Crippen molar-refractivity contribution in [3.8, 4) is 0 Å². The normalized spacial score (nSPS) is 17.1. The average Bonchev–Trinajstić information content (AvgIpc) is 3.11. The lowest BCUT2D eigenvalue weighted by atomic mass is 10.0. The zero-order valence-corrected chi connectivity index (χ0v) is 17.3. The molecule has 3 aromatic rings. The van der Waals surface area contributed by atoms with Gasteiger partial charge in [0.05, 0.1) is 33.5 Å². The Bertz CT molecular complexity index is 1000. The standard InChI is InChI=1S/C21H25ClN6O/c1-13(2)26-15-6-4-8-28(12-15)19-16(22)10-24-20-18(19)17(11-25-20)27-21(29)14-5-3-7-23-9-14/h3,5,7,9-11,13,15,26H,4,6,8,12H2,1-2H3,(H,24,25)(H,27,29). The molecule has 0 radical (unpaired) electrons. The number of nitrogens with zero attached hydrogens (tertiary/aromatic N) is 3. The Labute approximate surface area is 174 Å². The summed E-state index contributed by atoms with van der Waals surface area (Å²) in [7, 11) is 0. The van der Waals surface area contributed by atoms with Crippen molar-refractivity contribution in [2.45, 2.75) is 38.8 Å². The molecule has 1 fully saturated rings. The van der Waals surface area contributed by atoms with Gasteiger partial charge in [-0.15, -0.1) is 0 Å². The first-order valence-electron chi connectivity index (χ1n) is 9.91. The average molecular weight is 413 g/mol. The number of H-pyrrole nitrogens is 1. The van der Waals surface area contributed by atoms with E-state index in [4.69, 9.17) is 11.6 Å². The van der Waals surface area contributed by atoms with Crippen molar-refractivity contribution in [1.29, 1.82) is 0 Å². The zero-order chi connectivity index (χ0) is 20.4. The Morgan fingerprint density at radius 1 is 1.38 bits per heavy atom. The number of carbonyl (C=O) groups is 1. The van der Waals surface area contributed by atoms with Gasteiger partial charge in [0.1, 0.15) is 5.65 Å². The van der Waals surface area contributed by atoms with Gasteiger partial charge in [-0.2, -0.15) is 0 Å². The summed E-state index contributed by atoms with van der Waals surface area (Å²) >= 11 is 6.61. The summed E-state index contributed by atoms with van der Waals surface area (Å²) in [5.41, 5.74) is 2.77. The van der Waals surface area contributed by atoms with Crippen molar-refractivity contribution in [3.63, 3.8) is 0 Å². The maximum absolute atomic E-state index is 12.7. The molecule has 29 heavy (non-hydrogen) atoms. The molecule has 4 heterocycles. The molecule has 1 aliphatic heterocycles. The number of anilines is 2. The topological polar surface area (TPSA) is 85.9 Å². The fraction of sp³-hybridized carbons (Fsp3) is 0.381. The minimum atomic E-state index is -0.220. The van der Waals surface area contributed by atoms with Crippen molar-refractivity contribution < 1.29 is 4.79 Å². The lowest BCUT2D eigenvalue weighted by molar-refractivity contribution is 0.102. The molecular weight excluding hydrogens is 388 g/mol. The molecule has 1 atom stereocenters. The van der Waals surface area contributed by atoms with Gasteiger partial charge in [-0.05, 0) is 25.0 Å². The highest BCUT2D eigenvalue weighted by Gasteiger charge is 2.26. The number of aromatic nitrogens is 3. The molecule has 1 amide bonds. The smallest absolute Gasteiger partial charge is 0.257 e. The molecular formula is C21H25ClN6O. The van der Waals surface area contributed by atoms with E-state index in [0.717, 1.165) is 37.0 Å². The van der Waals surface area contributed by atoms with E-state index in [-0.39, 0.29) is 5.91 Å². The molecule has 152 valence electrons. The van der Waals surface area contributed by atoms with Crippen LogP contribution in [0.1, 0.15) is 37.0 Å². The second-order valence-electron chi connectivity index (χ2n) is 7.68. The van der Waals surface area contributed by atoms with E-state index >= 15 is 0 Å². The van der Waals surface area contributed by atoms with Crippen molar-refractivity contribution in [1.82, 2.24) is 20.3 Å². The highest BCUT2D eigenvalue weighted by molar-refractivity contribution is 6.35. The van der Waals surface area contributed by atoms with Crippen LogP contribution in [-0.4, -0.2) is 46.0 Å². The number of aromatic amines is 1. The van der Waals surface area contributed by atoms with Gasteiger partial charge in [-0.1, -0.05) is 25.4 Å². The molecule has 7 nitrogen and oxygen atoms in total. The van der Waals surface area contributed by atoms with Gasteiger partial charge >= 0.3 is 0 Å². The van der Waals surface area contributed by atoms with Crippen molar-refractivity contribution in [3.05, 3.63) is 47.5 Å². The highest BCUT2D eigenvalue weighted by Crippen LogP contribution is 2.38. The van der Waals surface area contributed by atoms with E-state index in [9.17, 15) is 4.79 Å². The lowest BCUT2D eigenvalue weighted by Gasteiger charge is -2.36. The predicted molar refractivity (Wildman–Crippen MR) is 117 cm³/mol. The van der Waals surface area contributed by atoms with Crippen LogP contribution in [0.5, 0.6) is 0 Å². The molecule has 1 saturated heterocycles. The van der Waals surface area contributed by atoms with Crippen LogP contribution in [0.15, 0.2) is 36.9 Å². The molecule has 0 saturated carbocycles. The molecule has 1 aliphatic rings. The SMILES string of the molecule is CC(C)NC1CCCN(c2c(Cl)cnc3[nH]cc(NC(=O)c4cccnc4)c23)C1. The molecule has 1 unspecified atom stereocenters. The molecule has 0 spiro atoms. The third-order valence-electron chi connectivity index (χ3n) is 5.11. The maximum atomic E-state index is 12.7. The Hall–Kier alpha value is -2.64. The van der Waals surface area contributed by atoms with E-state index in [1.165, 1.54) is 0 Å². The fourth-order valence-corrected chi connectivity index (χ4v) is 4.21. The quantitative estimate of drug-likeness (QED) is 0.593. The monoisotopic (exact) mass is 412 g/mol. The van der Waals surface area contributed by atoms with E-state index in [0.29, 0.717) is 34.0 Å². The highest BCUT2D eigenvalue weighted by atomic mass is 35.5. The van der Waals surface area contributed by atoms with Crippen LogP contribution in [0.4, 0.5) is 11.4 Å². The Morgan fingerprint density at radius 2 is 2.24 bits per heavy atom. The molecule has 8 heteroatoms. The van der Waals surface area contributed by atoms with Gasteiger partial charge in [0, 0.05) is 43.8 Å². The number of rotatable bonds is 5. The summed E-state index contributed by atoms with van der Waals surface area (Å²) in [6.07, 6.45) is 8.83. The zero-order valence-electron chi connectivity index (χ0n) is 16.6. The molecule has 0 bridgehead atoms. The van der Waals surface area contributed by atoms with Gasteiger partial charge in [-0.25, -0.2) is 4.98 Å². The summed E-state index contributed by atoms with van der Waals surface area (Å²) in [5.74, 6) is -0.220. The second kappa shape index (κ2) is 8.39. The predicted octanol–water partition coefficient (Wildman–Crippen LogP) is 3.83. The third-order valence-corrected chi connectivity index (χ3v) is 5.38. The van der Waals surface area contributed by atoms with Gasteiger partial charge in [0.15, 0.2) is 0 Å².